The number of aliphatic carboxylic acids is 1. The Morgan fingerprint density at radius 2 is 1.79 bits per heavy atom. The molecular formula is C13H23N3O3. The number of carboxylic acids is 1. The van der Waals surface area contributed by atoms with Crippen molar-refractivity contribution in [2.75, 3.05) is 46.3 Å². The van der Waals surface area contributed by atoms with E-state index in [9.17, 15) is 14.7 Å². The van der Waals surface area contributed by atoms with Crippen LogP contribution in [0, 0.1) is 0 Å². The van der Waals surface area contributed by atoms with Gasteiger partial charge < -0.3 is 14.9 Å². The molecule has 1 amide bonds. The topological polar surface area (TPSA) is 64.1 Å². The lowest BCUT2D eigenvalue weighted by Gasteiger charge is -2.36. The largest absolute Gasteiger partial charge is 0.480 e. The standard InChI is InChI=1S/C13H23N3O3/c1-13(12(18)19)4-3-5-16(13)10-11(17)15-8-6-14(2)7-9-15/h3-10H2,1-2H3,(H,18,19). The molecule has 0 radical (unpaired) electrons. The highest BCUT2D eigenvalue weighted by molar-refractivity contribution is 5.82. The van der Waals surface area contributed by atoms with Crippen LogP contribution < -0.4 is 0 Å². The van der Waals surface area contributed by atoms with Gasteiger partial charge in [0.05, 0.1) is 6.54 Å². The van der Waals surface area contributed by atoms with E-state index in [1.807, 2.05) is 16.8 Å². The molecule has 2 aliphatic rings. The second-order valence-electron chi connectivity index (χ2n) is 5.79. The van der Waals surface area contributed by atoms with Crippen LogP contribution in [0.25, 0.3) is 0 Å². The SMILES string of the molecule is CN1CCN(C(=O)CN2CCCC2(C)C(=O)O)CC1. The van der Waals surface area contributed by atoms with Gasteiger partial charge in [-0.25, -0.2) is 0 Å². The predicted octanol–water partition coefficient (Wildman–Crippen LogP) is -0.300. The molecule has 0 aliphatic carbocycles. The minimum Gasteiger partial charge on any atom is -0.480 e. The molecule has 0 bridgehead atoms. The van der Waals surface area contributed by atoms with E-state index < -0.39 is 11.5 Å². The first kappa shape index (κ1) is 14.3. The second kappa shape index (κ2) is 5.46. The third-order valence-electron chi connectivity index (χ3n) is 4.43. The van der Waals surface area contributed by atoms with E-state index in [4.69, 9.17) is 0 Å². The molecule has 0 aromatic heterocycles. The third-order valence-corrected chi connectivity index (χ3v) is 4.43. The molecule has 108 valence electrons. The van der Waals surface area contributed by atoms with Crippen LogP contribution >= 0.6 is 0 Å². The number of carbonyl (C=O) groups excluding carboxylic acids is 1. The molecule has 2 saturated heterocycles. The summed E-state index contributed by atoms with van der Waals surface area (Å²) in [4.78, 5) is 29.5. The minimum absolute atomic E-state index is 0.0578. The fourth-order valence-electron chi connectivity index (χ4n) is 2.83. The Kier molecular flexibility index (Phi) is 4.10. The predicted molar refractivity (Wildman–Crippen MR) is 70.9 cm³/mol. The fraction of sp³-hybridized carbons (Fsp3) is 0.846. The summed E-state index contributed by atoms with van der Waals surface area (Å²) < 4.78 is 0. The molecule has 2 fully saturated rings. The summed E-state index contributed by atoms with van der Waals surface area (Å²) in [6, 6.07) is 0. The highest BCUT2D eigenvalue weighted by Gasteiger charge is 2.44. The van der Waals surface area contributed by atoms with Crippen LogP contribution in [0.5, 0.6) is 0 Å². The number of amides is 1. The maximum atomic E-state index is 12.2. The molecule has 2 rings (SSSR count). The zero-order chi connectivity index (χ0) is 14.0. The van der Waals surface area contributed by atoms with Gasteiger partial charge in [-0.3, -0.25) is 14.5 Å². The number of rotatable bonds is 3. The van der Waals surface area contributed by atoms with Gasteiger partial charge in [0, 0.05) is 26.2 Å². The van der Waals surface area contributed by atoms with Crippen LogP contribution in [0.4, 0.5) is 0 Å². The van der Waals surface area contributed by atoms with E-state index in [0.717, 1.165) is 32.6 Å². The molecule has 1 N–H and O–H groups in total. The average molecular weight is 269 g/mol. The number of nitrogens with zero attached hydrogens (tertiary/aromatic N) is 3. The Labute approximate surface area is 114 Å². The van der Waals surface area contributed by atoms with E-state index in [0.29, 0.717) is 13.0 Å². The van der Waals surface area contributed by atoms with Crippen LogP contribution in [-0.2, 0) is 9.59 Å². The zero-order valence-electron chi connectivity index (χ0n) is 11.8. The van der Waals surface area contributed by atoms with Crippen molar-refractivity contribution in [2.24, 2.45) is 0 Å². The highest BCUT2D eigenvalue weighted by atomic mass is 16.4. The smallest absolute Gasteiger partial charge is 0.323 e. The van der Waals surface area contributed by atoms with Gasteiger partial charge in [-0.05, 0) is 33.4 Å². The van der Waals surface area contributed by atoms with Crippen molar-refractivity contribution >= 4 is 11.9 Å². The molecular weight excluding hydrogens is 246 g/mol. The van der Waals surface area contributed by atoms with Gasteiger partial charge in [-0.15, -0.1) is 0 Å². The second-order valence-corrected chi connectivity index (χ2v) is 5.79. The van der Waals surface area contributed by atoms with Crippen molar-refractivity contribution in [3.05, 3.63) is 0 Å². The van der Waals surface area contributed by atoms with Gasteiger partial charge in [0.2, 0.25) is 5.91 Å². The summed E-state index contributed by atoms with van der Waals surface area (Å²) in [7, 11) is 2.05. The Bertz CT molecular complexity index is 366. The van der Waals surface area contributed by atoms with Crippen LogP contribution in [-0.4, -0.2) is 83.5 Å². The van der Waals surface area contributed by atoms with Crippen molar-refractivity contribution in [3.63, 3.8) is 0 Å². The van der Waals surface area contributed by atoms with Crippen LogP contribution in [0.2, 0.25) is 0 Å². The van der Waals surface area contributed by atoms with Crippen LogP contribution in [0.1, 0.15) is 19.8 Å². The van der Waals surface area contributed by atoms with Gasteiger partial charge in [-0.1, -0.05) is 0 Å². The highest BCUT2D eigenvalue weighted by Crippen LogP contribution is 2.29. The normalized spacial score (nSPS) is 29.7. The molecule has 19 heavy (non-hydrogen) atoms. The van der Waals surface area contributed by atoms with Crippen molar-refractivity contribution in [2.45, 2.75) is 25.3 Å². The summed E-state index contributed by atoms with van der Waals surface area (Å²) >= 11 is 0. The Morgan fingerprint density at radius 1 is 1.16 bits per heavy atom. The maximum absolute atomic E-state index is 12.2. The lowest BCUT2D eigenvalue weighted by molar-refractivity contribution is -0.150. The average Bonchev–Trinajstić information content (AvgIpc) is 2.73. The van der Waals surface area contributed by atoms with Gasteiger partial charge >= 0.3 is 5.97 Å². The molecule has 0 aromatic carbocycles. The molecule has 0 aromatic rings. The minimum atomic E-state index is -0.873. The first-order valence-electron chi connectivity index (χ1n) is 6.88. The Morgan fingerprint density at radius 3 is 2.37 bits per heavy atom. The number of hydrogen-bond acceptors (Lipinski definition) is 4. The molecule has 1 atom stereocenters. The van der Waals surface area contributed by atoms with Crippen LogP contribution in [0.15, 0.2) is 0 Å². The van der Waals surface area contributed by atoms with Gasteiger partial charge in [0.25, 0.3) is 0 Å². The molecule has 0 saturated carbocycles. The lowest BCUT2D eigenvalue weighted by atomic mass is 9.99. The van der Waals surface area contributed by atoms with Gasteiger partial charge in [0.1, 0.15) is 5.54 Å². The Balaban J connectivity index is 1.93. The van der Waals surface area contributed by atoms with Crippen molar-refractivity contribution in [1.29, 1.82) is 0 Å². The fourth-order valence-corrected chi connectivity index (χ4v) is 2.83. The van der Waals surface area contributed by atoms with E-state index in [2.05, 4.69) is 4.90 Å². The molecule has 0 spiro atoms. The van der Waals surface area contributed by atoms with Crippen molar-refractivity contribution in [3.8, 4) is 0 Å². The summed E-state index contributed by atoms with van der Waals surface area (Å²) in [6.45, 7) is 5.91. The number of carbonyl (C=O) groups is 2. The van der Waals surface area contributed by atoms with E-state index in [1.165, 1.54) is 0 Å². The van der Waals surface area contributed by atoms with E-state index in [1.54, 1.807) is 6.92 Å². The van der Waals surface area contributed by atoms with Crippen LogP contribution in [0.3, 0.4) is 0 Å². The number of carboxylic acid groups (broad SMARTS) is 1. The monoisotopic (exact) mass is 269 g/mol. The number of likely N-dealkylation sites (tertiary alicyclic amines) is 1. The molecule has 2 heterocycles. The quantitative estimate of drug-likeness (QED) is 0.762. The van der Waals surface area contributed by atoms with Crippen molar-refractivity contribution < 1.29 is 14.7 Å². The first-order valence-corrected chi connectivity index (χ1v) is 6.88. The summed E-state index contributed by atoms with van der Waals surface area (Å²) in [5.74, 6) is -0.765. The van der Waals surface area contributed by atoms with Gasteiger partial charge in [-0.2, -0.15) is 0 Å². The maximum Gasteiger partial charge on any atom is 0.323 e. The number of hydrogen-bond donors (Lipinski definition) is 1. The molecule has 6 heteroatoms. The summed E-state index contributed by atoms with van der Waals surface area (Å²) in [5, 5.41) is 9.33. The molecule has 1 unspecified atom stereocenters. The first-order chi connectivity index (χ1) is 8.93. The molecule has 6 nitrogen and oxygen atoms in total. The summed E-state index contributed by atoms with van der Waals surface area (Å²) in [6.07, 6.45) is 1.47. The molecule has 2 aliphatic heterocycles. The lowest BCUT2D eigenvalue weighted by Crippen LogP contribution is -2.54. The zero-order valence-corrected chi connectivity index (χ0v) is 11.8. The van der Waals surface area contributed by atoms with Gasteiger partial charge in [0.15, 0.2) is 0 Å². The summed E-state index contributed by atoms with van der Waals surface area (Å²) in [5.41, 5.74) is -0.873. The third kappa shape index (κ3) is 2.90. The van der Waals surface area contributed by atoms with E-state index >= 15 is 0 Å². The number of piperazine rings is 1. The van der Waals surface area contributed by atoms with Crippen molar-refractivity contribution in [1.82, 2.24) is 14.7 Å². The Hall–Kier alpha value is -1.14. The van der Waals surface area contributed by atoms with E-state index in [-0.39, 0.29) is 12.5 Å². The number of likely N-dealkylation sites (N-methyl/N-ethyl adjacent to an activating group) is 1.